The van der Waals surface area contributed by atoms with E-state index in [2.05, 4.69) is 90.1 Å². The van der Waals surface area contributed by atoms with Crippen LogP contribution in [0.15, 0.2) is 84.9 Å². The lowest BCUT2D eigenvalue weighted by atomic mass is 9.97. The zero-order chi connectivity index (χ0) is 20.3. The van der Waals surface area contributed by atoms with Crippen LogP contribution in [0.2, 0.25) is 0 Å². The summed E-state index contributed by atoms with van der Waals surface area (Å²) in [6.45, 7) is 6.28. The number of benzene rings is 3. The maximum Gasteiger partial charge on any atom is 0.177 e. The molecule has 4 aromatic rings. The van der Waals surface area contributed by atoms with Crippen LogP contribution in [-0.4, -0.2) is 20.2 Å². The fraction of sp³-hybridized carbons (Fsp3) is 0.208. The Morgan fingerprint density at radius 3 is 1.90 bits per heavy atom. The molecule has 5 heteroatoms. The Kier molecular flexibility index (Phi) is 5.12. The molecule has 0 atom stereocenters. The molecule has 0 spiro atoms. The van der Waals surface area contributed by atoms with Gasteiger partial charge in [0.15, 0.2) is 5.82 Å². The second-order valence-corrected chi connectivity index (χ2v) is 7.79. The van der Waals surface area contributed by atoms with Gasteiger partial charge in [0.2, 0.25) is 0 Å². The Bertz CT molecular complexity index is 1010. The summed E-state index contributed by atoms with van der Waals surface area (Å²) in [5.74, 6) is 0.774. The third kappa shape index (κ3) is 4.04. The molecular weight excluding hydrogens is 358 g/mol. The van der Waals surface area contributed by atoms with Crippen molar-refractivity contribution in [3.8, 4) is 0 Å². The van der Waals surface area contributed by atoms with Crippen molar-refractivity contribution in [2.24, 2.45) is 0 Å². The molecule has 0 aliphatic carbocycles. The first kappa shape index (κ1) is 18.9. The van der Waals surface area contributed by atoms with Crippen molar-refractivity contribution in [3.05, 3.63) is 107 Å². The van der Waals surface area contributed by atoms with Gasteiger partial charge in [-0.1, -0.05) is 78.4 Å². The highest BCUT2D eigenvalue weighted by atomic mass is 15.6. The molecule has 0 bridgehead atoms. The SMILES string of the molecule is Cc1ccc(NC(C)(C)c2nnnn2C(c2ccccc2)c2ccccc2)cc1. The molecule has 0 unspecified atom stereocenters. The molecule has 29 heavy (non-hydrogen) atoms. The van der Waals surface area contributed by atoms with E-state index < -0.39 is 5.54 Å². The van der Waals surface area contributed by atoms with Crippen LogP contribution >= 0.6 is 0 Å². The number of rotatable bonds is 6. The Hall–Kier alpha value is -3.47. The molecule has 1 heterocycles. The number of nitrogens with one attached hydrogen (secondary N) is 1. The van der Waals surface area contributed by atoms with Gasteiger partial charge in [-0.05, 0) is 54.5 Å². The predicted molar refractivity (Wildman–Crippen MR) is 116 cm³/mol. The summed E-state index contributed by atoms with van der Waals surface area (Å²) in [7, 11) is 0. The van der Waals surface area contributed by atoms with Gasteiger partial charge >= 0.3 is 0 Å². The van der Waals surface area contributed by atoms with Gasteiger partial charge in [0.05, 0.1) is 5.54 Å². The molecule has 0 radical (unpaired) electrons. The molecule has 1 aromatic heterocycles. The first-order chi connectivity index (χ1) is 14.0. The minimum absolute atomic E-state index is 0.110. The van der Waals surface area contributed by atoms with E-state index in [1.54, 1.807) is 0 Å². The number of hydrogen-bond donors (Lipinski definition) is 1. The minimum Gasteiger partial charge on any atom is -0.373 e. The van der Waals surface area contributed by atoms with E-state index in [1.807, 2.05) is 41.1 Å². The van der Waals surface area contributed by atoms with Gasteiger partial charge in [0.25, 0.3) is 0 Å². The fourth-order valence-electron chi connectivity index (χ4n) is 3.58. The Labute approximate surface area is 171 Å². The van der Waals surface area contributed by atoms with E-state index in [0.717, 1.165) is 22.6 Å². The summed E-state index contributed by atoms with van der Waals surface area (Å²) in [5, 5.41) is 16.4. The summed E-state index contributed by atoms with van der Waals surface area (Å²) >= 11 is 0. The lowest BCUT2D eigenvalue weighted by Gasteiger charge is -2.29. The second-order valence-electron chi connectivity index (χ2n) is 7.79. The summed E-state index contributed by atoms with van der Waals surface area (Å²) in [6, 6.07) is 28.9. The quantitative estimate of drug-likeness (QED) is 0.511. The lowest BCUT2D eigenvalue weighted by Crippen LogP contribution is -2.33. The van der Waals surface area contributed by atoms with Gasteiger partial charge in [-0.25, -0.2) is 4.68 Å². The van der Waals surface area contributed by atoms with E-state index in [0.29, 0.717) is 0 Å². The van der Waals surface area contributed by atoms with Crippen LogP contribution < -0.4 is 5.32 Å². The number of aromatic nitrogens is 4. The van der Waals surface area contributed by atoms with E-state index in [-0.39, 0.29) is 6.04 Å². The van der Waals surface area contributed by atoms with Crippen molar-refractivity contribution >= 4 is 5.69 Å². The molecule has 0 saturated carbocycles. The van der Waals surface area contributed by atoms with Crippen LogP contribution in [0.5, 0.6) is 0 Å². The zero-order valence-electron chi connectivity index (χ0n) is 16.9. The van der Waals surface area contributed by atoms with Crippen molar-refractivity contribution in [1.29, 1.82) is 0 Å². The summed E-state index contributed by atoms with van der Waals surface area (Å²) in [4.78, 5) is 0. The molecule has 0 aliphatic rings. The Morgan fingerprint density at radius 2 is 1.34 bits per heavy atom. The first-order valence-corrected chi connectivity index (χ1v) is 9.78. The Balaban J connectivity index is 1.76. The standard InChI is InChI=1S/C24H25N5/c1-18-14-16-21(17-15-18)25-24(2,3)23-26-27-28-29(23)22(19-10-6-4-7-11-19)20-12-8-5-9-13-20/h4-17,22,25H,1-3H3. The predicted octanol–water partition coefficient (Wildman–Crippen LogP) is 4.97. The van der Waals surface area contributed by atoms with Crippen LogP contribution in [-0.2, 0) is 5.54 Å². The highest BCUT2D eigenvalue weighted by Crippen LogP contribution is 2.31. The van der Waals surface area contributed by atoms with E-state index in [1.165, 1.54) is 5.56 Å². The molecule has 5 nitrogen and oxygen atoms in total. The average Bonchev–Trinajstić information content (AvgIpc) is 3.22. The van der Waals surface area contributed by atoms with Crippen molar-refractivity contribution in [3.63, 3.8) is 0 Å². The lowest BCUT2D eigenvalue weighted by molar-refractivity contribution is 0.471. The van der Waals surface area contributed by atoms with Crippen LogP contribution in [0.25, 0.3) is 0 Å². The highest BCUT2D eigenvalue weighted by molar-refractivity contribution is 5.47. The van der Waals surface area contributed by atoms with Crippen molar-refractivity contribution in [2.75, 3.05) is 5.32 Å². The third-order valence-corrected chi connectivity index (χ3v) is 5.04. The second kappa shape index (κ2) is 7.87. The first-order valence-electron chi connectivity index (χ1n) is 9.78. The van der Waals surface area contributed by atoms with Crippen LogP contribution in [0.3, 0.4) is 0 Å². The number of hydrogen-bond acceptors (Lipinski definition) is 4. The molecule has 3 aromatic carbocycles. The maximum atomic E-state index is 4.41. The number of anilines is 1. The van der Waals surface area contributed by atoms with Crippen molar-refractivity contribution < 1.29 is 0 Å². The summed E-state index contributed by atoms with van der Waals surface area (Å²) in [6.07, 6.45) is 0. The number of aryl methyl sites for hydroxylation is 1. The topological polar surface area (TPSA) is 55.6 Å². The Morgan fingerprint density at radius 1 is 0.793 bits per heavy atom. The zero-order valence-corrected chi connectivity index (χ0v) is 16.9. The number of nitrogens with zero attached hydrogens (tertiary/aromatic N) is 4. The van der Waals surface area contributed by atoms with Crippen LogP contribution in [0.4, 0.5) is 5.69 Å². The maximum absolute atomic E-state index is 4.41. The molecule has 0 fully saturated rings. The van der Waals surface area contributed by atoms with Crippen molar-refractivity contribution in [1.82, 2.24) is 20.2 Å². The van der Waals surface area contributed by atoms with E-state index in [4.69, 9.17) is 0 Å². The summed E-state index contributed by atoms with van der Waals surface area (Å²) < 4.78 is 1.92. The van der Waals surface area contributed by atoms with Crippen LogP contribution in [0, 0.1) is 6.92 Å². The van der Waals surface area contributed by atoms with Gasteiger partial charge in [0.1, 0.15) is 6.04 Å². The molecular formula is C24H25N5. The molecule has 0 saturated heterocycles. The van der Waals surface area contributed by atoms with Gasteiger partial charge in [0, 0.05) is 5.69 Å². The molecule has 0 aliphatic heterocycles. The van der Waals surface area contributed by atoms with Gasteiger partial charge < -0.3 is 5.32 Å². The average molecular weight is 383 g/mol. The van der Waals surface area contributed by atoms with Crippen molar-refractivity contribution in [2.45, 2.75) is 32.4 Å². The fourth-order valence-corrected chi connectivity index (χ4v) is 3.58. The largest absolute Gasteiger partial charge is 0.373 e. The van der Waals surface area contributed by atoms with Crippen LogP contribution in [0.1, 0.15) is 42.4 Å². The van der Waals surface area contributed by atoms with Gasteiger partial charge in [-0.15, -0.1) is 5.10 Å². The highest BCUT2D eigenvalue weighted by Gasteiger charge is 2.31. The van der Waals surface area contributed by atoms with Gasteiger partial charge in [-0.2, -0.15) is 0 Å². The van der Waals surface area contributed by atoms with E-state index in [9.17, 15) is 0 Å². The monoisotopic (exact) mass is 383 g/mol. The number of tetrazole rings is 1. The molecule has 146 valence electrons. The molecule has 1 N–H and O–H groups in total. The third-order valence-electron chi connectivity index (χ3n) is 5.04. The smallest absolute Gasteiger partial charge is 0.177 e. The normalized spacial score (nSPS) is 11.6. The molecule has 4 rings (SSSR count). The van der Waals surface area contributed by atoms with Gasteiger partial charge in [-0.3, -0.25) is 0 Å². The molecule has 0 amide bonds. The summed E-state index contributed by atoms with van der Waals surface area (Å²) in [5.41, 5.74) is 4.06. The minimum atomic E-state index is -0.472. The van der Waals surface area contributed by atoms with E-state index >= 15 is 0 Å².